The van der Waals surface area contributed by atoms with E-state index in [1.54, 1.807) is 12.1 Å². The standard InChI is InChI=1S/C19H21N3O2/c1-14-3-2-12-22-13-16(21-19(14)22)10-11-20-18(24)9-6-15-4-7-17(23)8-5-15/h2-5,7-8,12-13,23H,6,9-11H2,1H3,(H,20,24). The van der Waals surface area contributed by atoms with Gasteiger partial charge in [-0.3, -0.25) is 4.79 Å². The van der Waals surface area contributed by atoms with Crippen LogP contribution in [0.1, 0.15) is 23.2 Å². The highest BCUT2D eigenvalue weighted by Crippen LogP contribution is 2.11. The van der Waals surface area contributed by atoms with E-state index < -0.39 is 0 Å². The molecule has 124 valence electrons. The largest absolute Gasteiger partial charge is 0.508 e. The molecule has 0 fully saturated rings. The van der Waals surface area contributed by atoms with E-state index in [-0.39, 0.29) is 11.7 Å². The highest BCUT2D eigenvalue weighted by Gasteiger charge is 2.05. The van der Waals surface area contributed by atoms with Crippen LogP contribution in [0.4, 0.5) is 0 Å². The van der Waals surface area contributed by atoms with Crippen molar-refractivity contribution in [2.24, 2.45) is 0 Å². The first-order chi connectivity index (χ1) is 11.6. The molecule has 1 amide bonds. The van der Waals surface area contributed by atoms with E-state index >= 15 is 0 Å². The van der Waals surface area contributed by atoms with Crippen molar-refractivity contribution in [1.82, 2.24) is 14.7 Å². The van der Waals surface area contributed by atoms with Gasteiger partial charge in [-0.2, -0.15) is 0 Å². The lowest BCUT2D eigenvalue weighted by molar-refractivity contribution is -0.121. The lowest BCUT2D eigenvalue weighted by Gasteiger charge is -2.04. The fraction of sp³-hybridized carbons (Fsp3) is 0.263. The van der Waals surface area contributed by atoms with E-state index in [9.17, 15) is 9.90 Å². The number of hydrogen-bond donors (Lipinski definition) is 2. The lowest BCUT2D eigenvalue weighted by Crippen LogP contribution is -2.25. The van der Waals surface area contributed by atoms with Gasteiger partial charge in [0.25, 0.3) is 0 Å². The molecule has 0 aliphatic carbocycles. The zero-order valence-electron chi connectivity index (χ0n) is 13.7. The Bertz CT molecular complexity index is 837. The fourth-order valence-corrected chi connectivity index (χ4v) is 2.66. The number of benzene rings is 1. The van der Waals surface area contributed by atoms with Crippen molar-refractivity contribution in [3.63, 3.8) is 0 Å². The number of aromatic hydroxyl groups is 1. The molecule has 0 radical (unpaired) electrons. The number of nitrogens with zero attached hydrogens (tertiary/aromatic N) is 2. The molecular formula is C19H21N3O2. The van der Waals surface area contributed by atoms with E-state index in [0.29, 0.717) is 25.8 Å². The number of carbonyl (C=O) groups is 1. The molecule has 0 atom stereocenters. The number of pyridine rings is 1. The van der Waals surface area contributed by atoms with Crippen LogP contribution < -0.4 is 5.32 Å². The van der Waals surface area contributed by atoms with Crippen molar-refractivity contribution in [1.29, 1.82) is 0 Å². The first-order valence-electron chi connectivity index (χ1n) is 8.09. The molecule has 5 heteroatoms. The van der Waals surface area contributed by atoms with Crippen LogP contribution in [0.3, 0.4) is 0 Å². The van der Waals surface area contributed by atoms with Crippen LogP contribution in [0, 0.1) is 6.92 Å². The summed E-state index contributed by atoms with van der Waals surface area (Å²) < 4.78 is 2.01. The maximum atomic E-state index is 11.9. The van der Waals surface area contributed by atoms with Crippen molar-refractivity contribution < 1.29 is 9.90 Å². The predicted molar refractivity (Wildman–Crippen MR) is 93.1 cm³/mol. The number of amides is 1. The molecule has 0 spiro atoms. The molecular weight excluding hydrogens is 302 g/mol. The Labute approximate surface area is 141 Å². The van der Waals surface area contributed by atoms with Gasteiger partial charge in [-0.05, 0) is 42.7 Å². The third kappa shape index (κ3) is 3.93. The Morgan fingerprint density at radius 2 is 2.00 bits per heavy atom. The summed E-state index contributed by atoms with van der Waals surface area (Å²) in [6, 6.07) is 11.0. The summed E-state index contributed by atoms with van der Waals surface area (Å²) in [5.41, 5.74) is 4.12. The number of fused-ring (bicyclic) bond motifs is 1. The van der Waals surface area contributed by atoms with E-state index in [0.717, 1.165) is 22.5 Å². The molecule has 0 saturated heterocycles. The molecule has 5 nitrogen and oxygen atoms in total. The van der Waals surface area contributed by atoms with Crippen molar-refractivity contribution in [3.05, 3.63) is 65.6 Å². The minimum atomic E-state index is 0.0306. The van der Waals surface area contributed by atoms with Crippen LogP contribution in [0.5, 0.6) is 5.75 Å². The van der Waals surface area contributed by atoms with Gasteiger partial charge in [-0.1, -0.05) is 18.2 Å². The zero-order chi connectivity index (χ0) is 16.9. The maximum Gasteiger partial charge on any atom is 0.220 e. The molecule has 1 aromatic carbocycles. The lowest BCUT2D eigenvalue weighted by atomic mass is 10.1. The number of imidazole rings is 1. The summed E-state index contributed by atoms with van der Waals surface area (Å²) in [6.07, 6.45) is 5.81. The molecule has 3 rings (SSSR count). The number of aromatic nitrogens is 2. The summed E-state index contributed by atoms with van der Waals surface area (Å²) in [4.78, 5) is 16.5. The van der Waals surface area contributed by atoms with Gasteiger partial charge >= 0.3 is 0 Å². The average Bonchev–Trinajstić information content (AvgIpc) is 2.99. The zero-order valence-corrected chi connectivity index (χ0v) is 13.7. The van der Waals surface area contributed by atoms with Crippen molar-refractivity contribution >= 4 is 11.6 Å². The van der Waals surface area contributed by atoms with Crippen LogP contribution in [-0.4, -0.2) is 26.9 Å². The first-order valence-corrected chi connectivity index (χ1v) is 8.09. The van der Waals surface area contributed by atoms with Crippen LogP contribution >= 0.6 is 0 Å². The van der Waals surface area contributed by atoms with Gasteiger partial charge in [-0.25, -0.2) is 4.98 Å². The normalized spacial score (nSPS) is 10.9. The second-order valence-electron chi connectivity index (χ2n) is 5.92. The molecule has 0 unspecified atom stereocenters. The van der Waals surface area contributed by atoms with Crippen LogP contribution in [0.25, 0.3) is 5.65 Å². The second kappa shape index (κ2) is 7.17. The minimum absolute atomic E-state index is 0.0306. The predicted octanol–water partition coefficient (Wildman–Crippen LogP) is 2.64. The molecule has 0 bridgehead atoms. The van der Waals surface area contributed by atoms with Gasteiger partial charge in [0.1, 0.15) is 11.4 Å². The third-order valence-corrected chi connectivity index (χ3v) is 4.01. The summed E-state index contributed by atoms with van der Waals surface area (Å²) in [5.74, 6) is 0.272. The van der Waals surface area contributed by atoms with Crippen LogP contribution in [0.2, 0.25) is 0 Å². The molecule has 2 N–H and O–H groups in total. The number of hydrogen-bond acceptors (Lipinski definition) is 3. The van der Waals surface area contributed by atoms with Gasteiger partial charge in [-0.15, -0.1) is 0 Å². The third-order valence-electron chi connectivity index (χ3n) is 4.01. The van der Waals surface area contributed by atoms with Crippen molar-refractivity contribution in [2.75, 3.05) is 6.54 Å². The second-order valence-corrected chi connectivity index (χ2v) is 5.92. The maximum absolute atomic E-state index is 11.9. The van der Waals surface area contributed by atoms with E-state index in [4.69, 9.17) is 0 Å². The molecule has 2 aromatic heterocycles. The molecule has 2 heterocycles. The summed E-state index contributed by atoms with van der Waals surface area (Å²) >= 11 is 0. The van der Waals surface area contributed by atoms with Crippen LogP contribution in [-0.2, 0) is 17.6 Å². The Kier molecular flexibility index (Phi) is 4.79. The number of aryl methyl sites for hydroxylation is 2. The molecule has 24 heavy (non-hydrogen) atoms. The van der Waals surface area contributed by atoms with Gasteiger partial charge in [0, 0.05) is 31.8 Å². The molecule has 3 aromatic rings. The smallest absolute Gasteiger partial charge is 0.220 e. The highest BCUT2D eigenvalue weighted by molar-refractivity contribution is 5.76. The van der Waals surface area contributed by atoms with Crippen molar-refractivity contribution in [3.8, 4) is 5.75 Å². The van der Waals surface area contributed by atoms with E-state index in [1.165, 1.54) is 0 Å². The first kappa shape index (κ1) is 16.1. The van der Waals surface area contributed by atoms with E-state index in [1.807, 2.05) is 48.0 Å². The van der Waals surface area contributed by atoms with Crippen molar-refractivity contribution in [2.45, 2.75) is 26.2 Å². The fourth-order valence-electron chi connectivity index (χ4n) is 2.66. The topological polar surface area (TPSA) is 66.6 Å². The molecule has 0 aliphatic rings. The van der Waals surface area contributed by atoms with Crippen LogP contribution in [0.15, 0.2) is 48.8 Å². The monoisotopic (exact) mass is 323 g/mol. The SMILES string of the molecule is Cc1cccn2cc(CCNC(=O)CCc3ccc(O)cc3)nc12. The highest BCUT2D eigenvalue weighted by atomic mass is 16.3. The number of nitrogens with one attached hydrogen (secondary N) is 1. The summed E-state index contributed by atoms with van der Waals surface area (Å²) in [7, 11) is 0. The Morgan fingerprint density at radius 1 is 1.21 bits per heavy atom. The average molecular weight is 323 g/mol. The van der Waals surface area contributed by atoms with E-state index in [2.05, 4.69) is 10.3 Å². The number of phenols is 1. The Morgan fingerprint density at radius 3 is 2.75 bits per heavy atom. The molecule has 0 aliphatic heterocycles. The Hall–Kier alpha value is -2.82. The quantitative estimate of drug-likeness (QED) is 0.733. The minimum Gasteiger partial charge on any atom is -0.508 e. The number of phenolic OH excluding ortho intramolecular Hbond substituents is 1. The number of carbonyl (C=O) groups excluding carboxylic acids is 1. The van der Waals surface area contributed by atoms with Gasteiger partial charge in [0.15, 0.2) is 0 Å². The van der Waals surface area contributed by atoms with Gasteiger partial charge in [0.05, 0.1) is 5.69 Å². The Balaban J connectivity index is 1.45. The summed E-state index contributed by atoms with van der Waals surface area (Å²) in [6.45, 7) is 2.62. The number of rotatable bonds is 6. The van der Waals surface area contributed by atoms with Gasteiger partial charge in [0.2, 0.25) is 5.91 Å². The summed E-state index contributed by atoms with van der Waals surface area (Å²) in [5, 5.41) is 12.2. The molecule has 0 saturated carbocycles. The van der Waals surface area contributed by atoms with Gasteiger partial charge < -0.3 is 14.8 Å².